The Bertz CT molecular complexity index is 1130. The summed E-state index contributed by atoms with van der Waals surface area (Å²) in [4.78, 5) is 40.1. The van der Waals surface area contributed by atoms with E-state index in [9.17, 15) is 22.8 Å². The molecule has 2 amide bonds. The maximum Gasteiger partial charge on any atom is 0.490 e. The van der Waals surface area contributed by atoms with E-state index in [1.807, 2.05) is 23.1 Å². The summed E-state index contributed by atoms with van der Waals surface area (Å²) < 4.78 is 38.3. The molecular weight excluding hydrogens is 491 g/mol. The van der Waals surface area contributed by atoms with E-state index in [2.05, 4.69) is 16.4 Å². The predicted octanol–water partition coefficient (Wildman–Crippen LogP) is 3.92. The van der Waals surface area contributed by atoms with Crippen molar-refractivity contribution in [2.24, 2.45) is 0 Å². The molecule has 1 spiro atoms. The standard InChI is InChI=1S/C24H27N3O3.C2HF3O2/c28-22(26-19-5-6-19)15-18-16-24(30-21-4-2-1-3-20(18)21)9-13-27(14-10-24)23(29)17-7-11-25-12-8-17;3-2(4,5)1(6)7/h1-4,7-8,11-12,18-19H,5-6,9-10,13-16H2,(H,26,28);(H,6,7). The van der Waals surface area contributed by atoms with Gasteiger partial charge in [-0.1, -0.05) is 18.2 Å². The van der Waals surface area contributed by atoms with E-state index in [0.717, 1.165) is 43.4 Å². The third kappa shape index (κ3) is 6.78. The monoisotopic (exact) mass is 519 g/mol. The summed E-state index contributed by atoms with van der Waals surface area (Å²) >= 11 is 0. The largest absolute Gasteiger partial charge is 0.490 e. The number of rotatable bonds is 4. The Balaban J connectivity index is 0.000000405. The third-order valence-electron chi connectivity index (χ3n) is 6.81. The van der Waals surface area contributed by atoms with E-state index in [1.54, 1.807) is 24.5 Å². The SMILES string of the molecule is O=C(CC1CC2(CCN(C(=O)c3ccncc3)CC2)Oc2ccccc21)NC1CC1.O=C(O)C(F)(F)F. The molecule has 8 nitrogen and oxygen atoms in total. The molecule has 1 atom stereocenters. The summed E-state index contributed by atoms with van der Waals surface area (Å²) in [5, 5.41) is 10.3. The van der Waals surface area contributed by atoms with Crippen molar-refractivity contribution in [1.82, 2.24) is 15.2 Å². The van der Waals surface area contributed by atoms with E-state index in [0.29, 0.717) is 31.1 Å². The lowest BCUT2D eigenvalue weighted by molar-refractivity contribution is -0.192. The van der Waals surface area contributed by atoms with Gasteiger partial charge in [0.25, 0.3) is 5.91 Å². The molecule has 5 rings (SSSR count). The van der Waals surface area contributed by atoms with Gasteiger partial charge < -0.3 is 20.1 Å². The molecule has 3 aliphatic rings. The highest BCUT2D eigenvalue weighted by atomic mass is 19.4. The van der Waals surface area contributed by atoms with Gasteiger partial charge in [-0.05, 0) is 43.0 Å². The lowest BCUT2D eigenvalue weighted by Crippen LogP contribution is -2.52. The molecule has 2 fully saturated rings. The first-order valence-electron chi connectivity index (χ1n) is 12.1. The number of alkyl halides is 3. The number of hydrogen-bond donors (Lipinski definition) is 2. The van der Waals surface area contributed by atoms with Gasteiger partial charge in [-0.25, -0.2) is 4.79 Å². The van der Waals surface area contributed by atoms with Crippen LogP contribution in [0.3, 0.4) is 0 Å². The average molecular weight is 520 g/mol. The van der Waals surface area contributed by atoms with Crippen molar-refractivity contribution in [1.29, 1.82) is 0 Å². The number of carboxylic acids is 1. The van der Waals surface area contributed by atoms with Gasteiger partial charge in [0, 0.05) is 62.3 Å². The Morgan fingerprint density at radius 2 is 1.70 bits per heavy atom. The number of nitrogens with one attached hydrogen (secondary N) is 1. The number of likely N-dealkylation sites (tertiary alicyclic amines) is 1. The third-order valence-corrected chi connectivity index (χ3v) is 6.81. The summed E-state index contributed by atoms with van der Waals surface area (Å²) in [5.41, 5.74) is 1.49. The molecular formula is C26H28F3N3O5. The van der Waals surface area contributed by atoms with Crippen LogP contribution in [-0.4, -0.2) is 63.7 Å². The number of carbonyl (C=O) groups excluding carboxylic acids is 2. The molecule has 1 unspecified atom stereocenters. The summed E-state index contributed by atoms with van der Waals surface area (Å²) in [5.74, 6) is -1.53. The second-order valence-corrected chi connectivity index (χ2v) is 9.60. The van der Waals surface area contributed by atoms with E-state index < -0.39 is 12.1 Å². The van der Waals surface area contributed by atoms with Gasteiger partial charge in [0.15, 0.2) is 0 Å². The molecule has 1 saturated heterocycles. The number of pyridine rings is 1. The van der Waals surface area contributed by atoms with Crippen LogP contribution in [0, 0.1) is 0 Å². The van der Waals surface area contributed by atoms with Gasteiger partial charge in [-0.2, -0.15) is 13.2 Å². The van der Waals surface area contributed by atoms with Crippen molar-refractivity contribution in [3.63, 3.8) is 0 Å². The number of carbonyl (C=O) groups is 3. The van der Waals surface area contributed by atoms with Crippen LogP contribution in [0.1, 0.15) is 60.4 Å². The van der Waals surface area contributed by atoms with Gasteiger partial charge in [-0.3, -0.25) is 14.6 Å². The van der Waals surface area contributed by atoms with Gasteiger partial charge in [-0.15, -0.1) is 0 Å². The molecule has 2 N–H and O–H groups in total. The molecule has 1 aliphatic carbocycles. The number of ether oxygens (including phenoxy) is 1. The second-order valence-electron chi connectivity index (χ2n) is 9.60. The number of nitrogens with zero attached hydrogens (tertiary/aromatic N) is 2. The highest BCUT2D eigenvalue weighted by Crippen LogP contribution is 2.46. The van der Waals surface area contributed by atoms with Crippen LogP contribution >= 0.6 is 0 Å². The van der Waals surface area contributed by atoms with Crippen LogP contribution < -0.4 is 10.1 Å². The fourth-order valence-corrected chi connectivity index (χ4v) is 4.77. The minimum Gasteiger partial charge on any atom is -0.487 e. The van der Waals surface area contributed by atoms with Crippen LogP contribution in [0.15, 0.2) is 48.8 Å². The van der Waals surface area contributed by atoms with Crippen molar-refractivity contribution < 1.29 is 37.4 Å². The van der Waals surface area contributed by atoms with Crippen LogP contribution in [0.5, 0.6) is 5.75 Å². The highest BCUT2D eigenvalue weighted by molar-refractivity contribution is 5.94. The number of hydrogen-bond acceptors (Lipinski definition) is 5. The maximum atomic E-state index is 12.8. The molecule has 3 heterocycles. The van der Waals surface area contributed by atoms with Gasteiger partial charge in [0.05, 0.1) is 0 Å². The molecule has 0 bridgehead atoms. The van der Waals surface area contributed by atoms with Gasteiger partial charge in [0.2, 0.25) is 5.91 Å². The number of benzene rings is 1. The Morgan fingerprint density at radius 3 is 2.30 bits per heavy atom. The molecule has 2 aromatic rings. The quantitative estimate of drug-likeness (QED) is 0.634. The Labute approximate surface area is 211 Å². The number of amides is 2. The Morgan fingerprint density at radius 1 is 1.08 bits per heavy atom. The first-order chi connectivity index (χ1) is 17.6. The normalized spacial score (nSPS) is 20.1. The van der Waals surface area contributed by atoms with Crippen molar-refractivity contribution in [3.8, 4) is 5.75 Å². The summed E-state index contributed by atoms with van der Waals surface area (Å²) in [7, 11) is 0. The number of para-hydroxylation sites is 1. The van der Waals surface area contributed by atoms with Crippen LogP contribution in [0.25, 0.3) is 0 Å². The van der Waals surface area contributed by atoms with Gasteiger partial charge >= 0.3 is 12.1 Å². The van der Waals surface area contributed by atoms with E-state index in [4.69, 9.17) is 14.6 Å². The zero-order valence-electron chi connectivity index (χ0n) is 20.0. The summed E-state index contributed by atoms with van der Waals surface area (Å²) in [6.45, 7) is 1.31. The van der Waals surface area contributed by atoms with Crippen LogP contribution in [0.4, 0.5) is 13.2 Å². The number of fused-ring (bicyclic) bond motifs is 1. The summed E-state index contributed by atoms with van der Waals surface area (Å²) in [6.07, 6.45) is 3.28. The molecule has 2 aliphatic heterocycles. The molecule has 1 aromatic heterocycles. The van der Waals surface area contributed by atoms with Gasteiger partial charge in [0.1, 0.15) is 11.4 Å². The molecule has 1 saturated carbocycles. The van der Waals surface area contributed by atoms with E-state index >= 15 is 0 Å². The highest BCUT2D eigenvalue weighted by Gasteiger charge is 2.44. The smallest absolute Gasteiger partial charge is 0.487 e. The first kappa shape index (κ1) is 26.4. The number of halogens is 3. The molecule has 1 aromatic carbocycles. The lowest BCUT2D eigenvalue weighted by atomic mass is 9.76. The molecule has 11 heteroatoms. The first-order valence-corrected chi connectivity index (χ1v) is 12.1. The molecule has 0 radical (unpaired) electrons. The Kier molecular flexibility index (Phi) is 7.70. The summed E-state index contributed by atoms with van der Waals surface area (Å²) in [6, 6.07) is 12.0. The number of piperidine rings is 1. The van der Waals surface area contributed by atoms with E-state index in [1.165, 1.54) is 0 Å². The average Bonchev–Trinajstić information content (AvgIpc) is 3.68. The zero-order chi connectivity index (χ0) is 26.6. The van der Waals surface area contributed by atoms with Crippen molar-refractivity contribution in [2.75, 3.05) is 13.1 Å². The fourth-order valence-electron chi connectivity index (χ4n) is 4.77. The zero-order valence-corrected chi connectivity index (χ0v) is 20.0. The minimum atomic E-state index is -5.08. The number of aromatic nitrogens is 1. The van der Waals surface area contributed by atoms with Crippen LogP contribution in [0.2, 0.25) is 0 Å². The Hall–Kier alpha value is -3.63. The second kappa shape index (κ2) is 10.8. The minimum absolute atomic E-state index is 0.0452. The molecule has 37 heavy (non-hydrogen) atoms. The number of aliphatic carboxylic acids is 1. The van der Waals surface area contributed by atoms with Crippen molar-refractivity contribution >= 4 is 17.8 Å². The maximum absolute atomic E-state index is 12.8. The lowest BCUT2D eigenvalue weighted by Gasteiger charge is -2.47. The molecule has 198 valence electrons. The van der Waals surface area contributed by atoms with Crippen molar-refractivity contribution in [3.05, 3.63) is 59.9 Å². The number of carboxylic acid groups (broad SMARTS) is 1. The van der Waals surface area contributed by atoms with E-state index in [-0.39, 0.29) is 23.3 Å². The fraction of sp³-hybridized carbons (Fsp3) is 0.462. The van der Waals surface area contributed by atoms with Crippen molar-refractivity contribution in [2.45, 2.75) is 62.3 Å². The topological polar surface area (TPSA) is 109 Å². The predicted molar refractivity (Wildman–Crippen MR) is 126 cm³/mol. The van der Waals surface area contributed by atoms with Crippen LogP contribution in [-0.2, 0) is 9.59 Å².